The molecule has 110 valence electrons. The summed E-state index contributed by atoms with van der Waals surface area (Å²) in [6.07, 6.45) is 0.223. The minimum absolute atomic E-state index is 0.223. The van der Waals surface area contributed by atoms with Gasteiger partial charge in [0.25, 0.3) is 0 Å². The van der Waals surface area contributed by atoms with Crippen LogP contribution in [0.15, 0.2) is 42.5 Å². The Morgan fingerprint density at radius 1 is 1.19 bits per heavy atom. The molecule has 0 aliphatic carbocycles. The van der Waals surface area contributed by atoms with Crippen LogP contribution in [-0.2, 0) is 22.6 Å². The maximum absolute atomic E-state index is 12.9. The molecule has 2 rings (SSSR count). The van der Waals surface area contributed by atoms with Gasteiger partial charge in [-0.3, -0.25) is 4.79 Å². The zero-order valence-electron chi connectivity index (χ0n) is 11.4. The number of carbonyl (C=O) groups is 1. The van der Waals surface area contributed by atoms with Crippen LogP contribution in [0.25, 0.3) is 0 Å². The summed E-state index contributed by atoms with van der Waals surface area (Å²) in [7, 11) is 1.35. The number of benzene rings is 2. The van der Waals surface area contributed by atoms with E-state index in [-0.39, 0.29) is 24.8 Å². The second kappa shape index (κ2) is 7.09. The molecular weight excluding hydrogens is 295 g/mol. The van der Waals surface area contributed by atoms with E-state index in [0.717, 1.165) is 5.56 Å². The fourth-order valence-electron chi connectivity index (χ4n) is 1.74. The highest BCUT2D eigenvalue weighted by Gasteiger charge is 2.05. The molecule has 0 unspecified atom stereocenters. The number of methoxy groups -OCH3 is 1. The Hall–Kier alpha value is -2.07. The van der Waals surface area contributed by atoms with Crippen LogP contribution in [0.2, 0.25) is 5.02 Å². The summed E-state index contributed by atoms with van der Waals surface area (Å²) >= 11 is 5.92. The summed E-state index contributed by atoms with van der Waals surface area (Å²) < 4.78 is 23.1. The molecule has 0 radical (unpaired) electrons. The first-order valence-electron chi connectivity index (χ1n) is 6.31. The lowest BCUT2D eigenvalue weighted by atomic mass is 10.1. The standard InChI is InChI=1S/C16H14ClFO3/c1-20-16(19)8-11-2-6-14(7-3-11)21-10-12-4-5-13(18)9-15(12)17/h2-7,9H,8,10H2,1H3. The fourth-order valence-corrected chi connectivity index (χ4v) is 1.96. The third-order valence-electron chi connectivity index (χ3n) is 2.91. The van der Waals surface area contributed by atoms with Gasteiger partial charge in [0.1, 0.15) is 18.2 Å². The minimum atomic E-state index is -0.379. The largest absolute Gasteiger partial charge is 0.489 e. The number of ether oxygens (including phenoxy) is 2. The number of rotatable bonds is 5. The Morgan fingerprint density at radius 2 is 1.90 bits per heavy atom. The number of esters is 1. The third-order valence-corrected chi connectivity index (χ3v) is 3.26. The maximum Gasteiger partial charge on any atom is 0.309 e. The molecule has 0 spiro atoms. The molecule has 0 heterocycles. The van der Waals surface area contributed by atoms with Crippen molar-refractivity contribution in [2.24, 2.45) is 0 Å². The van der Waals surface area contributed by atoms with Gasteiger partial charge >= 0.3 is 5.97 Å². The molecule has 0 aliphatic rings. The summed E-state index contributed by atoms with van der Waals surface area (Å²) in [6, 6.07) is 11.3. The van der Waals surface area contributed by atoms with Crippen molar-refractivity contribution in [2.45, 2.75) is 13.0 Å². The topological polar surface area (TPSA) is 35.5 Å². The van der Waals surface area contributed by atoms with Gasteiger partial charge < -0.3 is 9.47 Å². The number of carbonyl (C=O) groups excluding carboxylic acids is 1. The number of hydrogen-bond donors (Lipinski definition) is 0. The van der Waals surface area contributed by atoms with E-state index >= 15 is 0 Å². The van der Waals surface area contributed by atoms with E-state index in [4.69, 9.17) is 16.3 Å². The molecule has 2 aromatic rings. The van der Waals surface area contributed by atoms with Gasteiger partial charge in [-0.2, -0.15) is 0 Å². The smallest absolute Gasteiger partial charge is 0.309 e. The molecule has 0 aliphatic heterocycles. The second-order valence-corrected chi connectivity index (χ2v) is 4.83. The average Bonchev–Trinajstić information content (AvgIpc) is 2.48. The van der Waals surface area contributed by atoms with Gasteiger partial charge in [0.15, 0.2) is 0 Å². The van der Waals surface area contributed by atoms with Crippen molar-refractivity contribution >= 4 is 17.6 Å². The van der Waals surface area contributed by atoms with E-state index in [2.05, 4.69) is 4.74 Å². The summed E-state index contributed by atoms with van der Waals surface area (Å²) in [5, 5.41) is 0.331. The summed E-state index contributed by atoms with van der Waals surface area (Å²) in [5.74, 6) is -0.0262. The van der Waals surface area contributed by atoms with Crippen molar-refractivity contribution in [3.8, 4) is 5.75 Å². The van der Waals surface area contributed by atoms with Gasteiger partial charge in [0, 0.05) is 5.56 Å². The molecule has 0 saturated heterocycles. The van der Waals surface area contributed by atoms with Crippen LogP contribution in [-0.4, -0.2) is 13.1 Å². The van der Waals surface area contributed by atoms with Crippen LogP contribution in [0.3, 0.4) is 0 Å². The molecule has 0 aromatic heterocycles. The molecule has 0 amide bonds. The first kappa shape index (κ1) is 15.3. The highest BCUT2D eigenvalue weighted by atomic mass is 35.5. The number of hydrogen-bond acceptors (Lipinski definition) is 3. The van der Waals surface area contributed by atoms with Gasteiger partial charge in [-0.25, -0.2) is 4.39 Å². The molecule has 0 bridgehead atoms. The normalized spacial score (nSPS) is 10.2. The molecule has 5 heteroatoms. The van der Waals surface area contributed by atoms with E-state index in [1.807, 2.05) is 0 Å². The number of halogens is 2. The Bertz CT molecular complexity index is 626. The highest BCUT2D eigenvalue weighted by molar-refractivity contribution is 6.31. The van der Waals surface area contributed by atoms with Crippen molar-refractivity contribution in [1.82, 2.24) is 0 Å². The second-order valence-electron chi connectivity index (χ2n) is 4.42. The Labute approximate surface area is 127 Å². The van der Waals surface area contributed by atoms with Gasteiger partial charge in [-0.05, 0) is 29.8 Å². The van der Waals surface area contributed by atoms with E-state index in [1.54, 1.807) is 30.3 Å². The predicted molar refractivity (Wildman–Crippen MR) is 77.9 cm³/mol. The van der Waals surface area contributed by atoms with Crippen LogP contribution in [0, 0.1) is 5.82 Å². The van der Waals surface area contributed by atoms with E-state index in [0.29, 0.717) is 16.3 Å². The van der Waals surface area contributed by atoms with E-state index in [9.17, 15) is 9.18 Å². The van der Waals surface area contributed by atoms with Crippen molar-refractivity contribution in [3.63, 3.8) is 0 Å². The molecule has 0 fully saturated rings. The monoisotopic (exact) mass is 308 g/mol. The summed E-state index contributed by atoms with van der Waals surface area (Å²) in [6.45, 7) is 0.245. The quantitative estimate of drug-likeness (QED) is 0.789. The Morgan fingerprint density at radius 3 is 2.52 bits per heavy atom. The van der Waals surface area contributed by atoms with Gasteiger partial charge in [-0.15, -0.1) is 0 Å². The summed E-state index contributed by atoms with van der Waals surface area (Å²) in [4.78, 5) is 11.1. The first-order valence-corrected chi connectivity index (χ1v) is 6.69. The zero-order valence-corrected chi connectivity index (χ0v) is 12.2. The molecule has 0 N–H and O–H groups in total. The van der Waals surface area contributed by atoms with Crippen LogP contribution in [0.1, 0.15) is 11.1 Å². The molecule has 21 heavy (non-hydrogen) atoms. The summed E-state index contributed by atoms with van der Waals surface area (Å²) in [5.41, 5.74) is 1.55. The average molecular weight is 309 g/mol. The Kier molecular flexibility index (Phi) is 5.17. The highest BCUT2D eigenvalue weighted by Crippen LogP contribution is 2.20. The first-order chi connectivity index (χ1) is 10.1. The third kappa shape index (κ3) is 4.46. The van der Waals surface area contributed by atoms with Crippen molar-refractivity contribution < 1.29 is 18.7 Å². The Balaban J connectivity index is 1.96. The molecule has 3 nitrogen and oxygen atoms in total. The van der Waals surface area contributed by atoms with Crippen molar-refractivity contribution in [2.75, 3.05) is 7.11 Å². The molecular formula is C16H14ClFO3. The predicted octanol–water partition coefficient (Wildman–Crippen LogP) is 3.77. The van der Waals surface area contributed by atoms with Crippen molar-refractivity contribution in [1.29, 1.82) is 0 Å². The molecule has 0 saturated carbocycles. The SMILES string of the molecule is COC(=O)Cc1ccc(OCc2ccc(F)cc2Cl)cc1. The van der Waals surface area contributed by atoms with Crippen LogP contribution >= 0.6 is 11.6 Å². The lowest BCUT2D eigenvalue weighted by molar-refractivity contribution is -0.139. The molecule has 0 atom stereocenters. The lowest BCUT2D eigenvalue weighted by Crippen LogP contribution is -2.04. The van der Waals surface area contributed by atoms with E-state index in [1.165, 1.54) is 19.2 Å². The van der Waals surface area contributed by atoms with Crippen LogP contribution in [0.5, 0.6) is 5.75 Å². The van der Waals surface area contributed by atoms with Gasteiger partial charge in [-0.1, -0.05) is 29.8 Å². The van der Waals surface area contributed by atoms with Gasteiger partial charge in [0.05, 0.1) is 18.6 Å². The minimum Gasteiger partial charge on any atom is -0.489 e. The molecule has 2 aromatic carbocycles. The zero-order chi connectivity index (χ0) is 15.2. The fraction of sp³-hybridized carbons (Fsp3) is 0.188. The lowest BCUT2D eigenvalue weighted by Gasteiger charge is -2.08. The van der Waals surface area contributed by atoms with Crippen molar-refractivity contribution in [3.05, 3.63) is 64.4 Å². The maximum atomic E-state index is 12.9. The van der Waals surface area contributed by atoms with Crippen LogP contribution < -0.4 is 4.74 Å². The van der Waals surface area contributed by atoms with Crippen LogP contribution in [0.4, 0.5) is 4.39 Å². The van der Waals surface area contributed by atoms with Gasteiger partial charge in [0.2, 0.25) is 0 Å². The van der Waals surface area contributed by atoms with E-state index < -0.39 is 0 Å².